The van der Waals surface area contributed by atoms with Crippen LogP contribution in [0.4, 0.5) is 0 Å². The minimum Gasteiger partial charge on any atom is -0.496 e. The van der Waals surface area contributed by atoms with Crippen molar-refractivity contribution < 1.29 is 27.4 Å². The maximum absolute atomic E-state index is 13.2. The topological polar surface area (TPSA) is 97.4 Å². The van der Waals surface area contributed by atoms with Crippen molar-refractivity contribution in [2.75, 3.05) is 60.2 Å². The molecule has 2 fully saturated rings. The minimum atomic E-state index is -3.76. The number of amides is 1. The molecule has 200 valence electrons. The first-order chi connectivity index (χ1) is 17.9. The van der Waals surface area contributed by atoms with E-state index in [0.717, 1.165) is 37.2 Å². The standard InChI is InChI=1S/C27H35N3O6S/c1-34-24-8-4-3-7-22(24)23(29-13-5-6-14-29)20-28-27(31)12-10-21-9-11-25(35-2)26(19-21)37(32,33)30-15-17-36-18-16-30/h3-4,7-12,19,23H,5-6,13-18,20H2,1-2H3,(H,28,31)/b12-10+/t23-/m1/s1. The Morgan fingerprint density at radius 3 is 2.43 bits per heavy atom. The average Bonchev–Trinajstić information content (AvgIpc) is 3.47. The fraction of sp³-hybridized carbons (Fsp3) is 0.444. The molecule has 1 amide bonds. The van der Waals surface area contributed by atoms with Crippen molar-refractivity contribution in [3.63, 3.8) is 0 Å². The fourth-order valence-electron chi connectivity index (χ4n) is 4.78. The van der Waals surface area contributed by atoms with Gasteiger partial charge in [-0.15, -0.1) is 0 Å². The van der Waals surface area contributed by atoms with Gasteiger partial charge in [0.15, 0.2) is 0 Å². The maximum atomic E-state index is 13.2. The van der Waals surface area contributed by atoms with Crippen LogP contribution in [0.25, 0.3) is 6.08 Å². The Morgan fingerprint density at radius 2 is 1.73 bits per heavy atom. The smallest absolute Gasteiger partial charge is 0.246 e. The monoisotopic (exact) mass is 529 g/mol. The molecule has 37 heavy (non-hydrogen) atoms. The number of hydrogen-bond donors (Lipinski definition) is 1. The quantitative estimate of drug-likeness (QED) is 0.473. The zero-order valence-electron chi connectivity index (χ0n) is 21.4. The van der Waals surface area contributed by atoms with Crippen LogP contribution in [-0.2, 0) is 19.6 Å². The molecule has 2 saturated heterocycles. The largest absolute Gasteiger partial charge is 0.496 e. The van der Waals surface area contributed by atoms with Crippen molar-refractivity contribution in [1.82, 2.24) is 14.5 Å². The number of nitrogens with one attached hydrogen (secondary N) is 1. The SMILES string of the molecule is COc1ccccc1[C@@H](CNC(=O)/C=C/c1ccc(OC)c(S(=O)(=O)N2CCOCC2)c1)N1CCCC1. The first-order valence-electron chi connectivity index (χ1n) is 12.5. The van der Waals surface area contributed by atoms with Gasteiger partial charge in [-0.2, -0.15) is 4.31 Å². The van der Waals surface area contributed by atoms with Gasteiger partial charge in [-0.3, -0.25) is 9.69 Å². The number of ether oxygens (including phenoxy) is 3. The molecule has 0 radical (unpaired) electrons. The van der Waals surface area contributed by atoms with E-state index in [1.54, 1.807) is 25.3 Å². The molecule has 1 N–H and O–H groups in total. The van der Waals surface area contributed by atoms with Crippen molar-refractivity contribution in [2.24, 2.45) is 0 Å². The Kier molecular flexibility index (Phi) is 9.20. The summed E-state index contributed by atoms with van der Waals surface area (Å²) < 4.78 is 44.0. The van der Waals surface area contributed by atoms with Crippen LogP contribution in [0, 0.1) is 0 Å². The van der Waals surface area contributed by atoms with Gasteiger partial charge >= 0.3 is 0 Å². The number of methoxy groups -OCH3 is 2. The van der Waals surface area contributed by atoms with Gasteiger partial charge in [0.05, 0.1) is 33.5 Å². The molecule has 0 aromatic heterocycles. The van der Waals surface area contributed by atoms with E-state index in [1.807, 2.05) is 24.3 Å². The van der Waals surface area contributed by atoms with Crippen LogP contribution in [0.15, 0.2) is 53.4 Å². The van der Waals surface area contributed by atoms with Gasteiger partial charge in [0.2, 0.25) is 15.9 Å². The predicted molar refractivity (Wildman–Crippen MR) is 141 cm³/mol. The van der Waals surface area contributed by atoms with Gasteiger partial charge < -0.3 is 19.5 Å². The molecule has 2 aromatic rings. The van der Waals surface area contributed by atoms with Crippen molar-refractivity contribution in [3.05, 3.63) is 59.7 Å². The second kappa shape index (κ2) is 12.6. The van der Waals surface area contributed by atoms with Gasteiger partial charge in [0, 0.05) is 31.3 Å². The van der Waals surface area contributed by atoms with Gasteiger partial charge in [0.25, 0.3) is 0 Å². The maximum Gasteiger partial charge on any atom is 0.246 e. The van der Waals surface area contributed by atoms with E-state index in [-0.39, 0.29) is 22.6 Å². The fourth-order valence-corrected chi connectivity index (χ4v) is 6.38. The summed E-state index contributed by atoms with van der Waals surface area (Å²) in [7, 11) is -0.662. The lowest BCUT2D eigenvalue weighted by atomic mass is 10.0. The van der Waals surface area contributed by atoms with Crippen LogP contribution < -0.4 is 14.8 Å². The molecular formula is C27H35N3O6S. The second-order valence-electron chi connectivity index (χ2n) is 9.01. The van der Waals surface area contributed by atoms with E-state index >= 15 is 0 Å². The summed E-state index contributed by atoms with van der Waals surface area (Å²) in [5, 5.41) is 3.01. The van der Waals surface area contributed by atoms with Crippen LogP contribution >= 0.6 is 0 Å². The van der Waals surface area contributed by atoms with Crippen LogP contribution in [0.3, 0.4) is 0 Å². The number of para-hydroxylation sites is 1. The van der Waals surface area contributed by atoms with Crippen molar-refractivity contribution in [1.29, 1.82) is 0 Å². The predicted octanol–water partition coefficient (Wildman–Crippen LogP) is 2.69. The van der Waals surface area contributed by atoms with Gasteiger partial charge in [-0.1, -0.05) is 24.3 Å². The van der Waals surface area contributed by atoms with E-state index < -0.39 is 10.0 Å². The summed E-state index contributed by atoms with van der Waals surface area (Å²) in [5.74, 6) is 0.808. The van der Waals surface area contributed by atoms with E-state index in [9.17, 15) is 13.2 Å². The highest BCUT2D eigenvalue weighted by molar-refractivity contribution is 7.89. The van der Waals surface area contributed by atoms with E-state index in [0.29, 0.717) is 38.4 Å². The molecule has 0 spiro atoms. The Morgan fingerprint density at radius 1 is 1.03 bits per heavy atom. The van der Waals surface area contributed by atoms with Crippen LogP contribution in [0.1, 0.15) is 30.0 Å². The number of benzene rings is 2. The molecule has 2 heterocycles. The molecule has 0 unspecified atom stereocenters. The Bertz CT molecular complexity index is 1200. The Hall–Kier alpha value is -2.92. The number of sulfonamides is 1. The Balaban J connectivity index is 1.47. The number of morpholine rings is 1. The number of nitrogens with zero attached hydrogens (tertiary/aromatic N) is 2. The summed E-state index contributed by atoms with van der Waals surface area (Å²) in [4.78, 5) is 15.2. The first-order valence-corrected chi connectivity index (χ1v) is 14.0. The van der Waals surface area contributed by atoms with E-state index in [4.69, 9.17) is 14.2 Å². The third-order valence-electron chi connectivity index (χ3n) is 6.75. The summed E-state index contributed by atoms with van der Waals surface area (Å²) >= 11 is 0. The van der Waals surface area contributed by atoms with Crippen molar-refractivity contribution in [3.8, 4) is 11.5 Å². The molecule has 9 nitrogen and oxygen atoms in total. The van der Waals surface area contributed by atoms with Gasteiger partial charge in [-0.25, -0.2) is 8.42 Å². The molecule has 0 saturated carbocycles. The molecule has 0 bridgehead atoms. The molecule has 4 rings (SSSR count). The summed E-state index contributed by atoms with van der Waals surface area (Å²) in [6.45, 7) is 3.67. The highest BCUT2D eigenvalue weighted by atomic mass is 32.2. The van der Waals surface area contributed by atoms with E-state index in [1.165, 1.54) is 23.6 Å². The van der Waals surface area contributed by atoms with E-state index in [2.05, 4.69) is 10.2 Å². The third-order valence-corrected chi connectivity index (χ3v) is 8.67. The normalized spacial score (nSPS) is 18.1. The third kappa shape index (κ3) is 6.51. The molecule has 2 aromatic carbocycles. The lowest BCUT2D eigenvalue weighted by molar-refractivity contribution is -0.116. The average molecular weight is 530 g/mol. The van der Waals surface area contributed by atoms with Gasteiger partial charge in [0.1, 0.15) is 16.4 Å². The van der Waals surface area contributed by atoms with Crippen molar-refractivity contribution >= 4 is 22.0 Å². The number of hydrogen-bond acceptors (Lipinski definition) is 7. The lowest BCUT2D eigenvalue weighted by Gasteiger charge is -2.29. The molecule has 2 aliphatic rings. The van der Waals surface area contributed by atoms with Crippen LogP contribution in [-0.4, -0.2) is 83.7 Å². The highest BCUT2D eigenvalue weighted by Crippen LogP contribution is 2.31. The zero-order chi connectivity index (χ0) is 26.3. The van der Waals surface area contributed by atoms with Gasteiger partial charge in [-0.05, 0) is 55.8 Å². The molecule has 2 aliphatic heterocycles. The number of carbonyl (C=O) groups excluding carboxylic acids is 1. The zero-order valence-corrected chi connectivity index (χ0v) is 22.2. The minimum absolute atomic E-state index is 0.00209. The summed E-state index contributed by atoms with van der Waals surface area (Å²) in [5.41, 5.74) is 1.63. The number of rotatable bonds is 10. The number of carbonyl (C=O) groups is 1. The Labute approximate surface area is 219 Å². The second-order valence-corrected chi connectivity index (χ2v) is 10.9. The first kappa shape index (κ1) is 27.1. The number of likely N-dealkylation sites (tertiary alicyclic amines) is 1. The van der Waals surface area contributed by atoms with Crippen molar-refractivity contribution in [2.45, 2.75) is 23.8 Å². The molecule has 10 heteroatoms. The molecular weight excluding hydrogens is 494 g/mol. The highest BCUT2D eigenvalue weighted by Gasteiger charge is 2.29. The molecule has 1 atom stereocenters. The van der Waals surface area contributed by atoms with Crippen LogP contribution in [0.2, 0.25) is 0 Å². The molecule has 0 aliphatic carbocycles. The summed E-state index contributed by atoms with van der Waals surface area (Å²) in [6.07, 6.45) is 5.30. The summed E-state index contributed by atoms with van der Waals surface area (Å²) in [6, 6.07) is 12.8. The van der Waals surface area contributed by atoms with Crippen LogP contribution in [0.5, 0.6) is 11.5 Å². The lowest BCUT2D eigenvalue weighted by Crippen LogP contribution is -2.40.